The minimum absolute atomic E-state index is 0.175. The van der Waals surface area contributed by atoms with E-state index in [0.717, 1.165) is 26.1 Å². The predicted molar refractivity (Wildman–Crippen MR) is 142 cm³/mol. The Hall–Kier alpha value is -4.12. The Morgan fingerprint density at radius 3 is 1.88 bits per heavy atom. The average Bonchev–Trinajstić information content (AvgIpc) is 3.16. The monoisotopic (exact) mass is 573 g/mol. The van der Waals surface area contributed by atoms with Gasteiger partial charge in [-0.3, -0.25) is 9.69 Å². The van der Waals surface area contributed by atoms with Gasteiger partial charge in [0, 0.05) is 32.1 Å². The first-order valence-corrected chi connectivity index (χ1v) is 12.9. The molecule has 2 aliphatic heterocycles. The topological polar surface area (TPSA) is 73.2 Å². The summed E-state index contributed by atoms with van der Waals surface area (Å²) in [5, 5.41) is 7.12. The van der Waals surface area contributed by atoms with Crippen molar-refractivity contribution in [3.05, 3.63) is 107 Å². The number of carbonyl (C=O) groups is 2. The molecule has 1 amide bonds. The molecular weight excluding hydrogens is 545 g/mol. The highest BCUT2D eigenvalue weighted by atomic mass is 19.4. The van der Waals surface area contributed by atoms with E-state index < -0.39 is 17.7 Å². The highest BCUT2D eigenvalue weighted by Gasteiger charge is 2.50. The maximum atomic E-state index is 13.9. The summed E-state index contributed by atoms with van der Waals surface area (Å²) in [6.45, 7) is 5.28. The van der Waals surface area contributed by atoms with Crippen LogP contribution in [0.25, 0.3) is 0 Å². The number of halogens is 5. The van der Waals surface area contributed by atoms with Crippen molar-refractivity contribution >= 4 is 17.7 Å². The third kappa shape index (κ3) is 6.79. The van der Waals surface area contributed by atoms with Crippen LogP contribution >= 0.6 is 0 Å². The van der Waals surface area contributed by atoms with E-state index in [9.17, 15) is 26.7 Å². The van der Waals surface area contributed by atoms with E-state index >= 15 is 0 Å². The summed E-state index contributed by atoms with van der Waals surface area (Å²) in [5.74, 6) is -2.71. The van der Waals surface area contributed by atoms with E-state index in [0.29, 0.717) is 29.4 Å². The van der Waals surface area contributed by atoms with Crippen LogP contribution < -0.4 is 0 Å². The standard InChI is InChI=1S/C28H27F2N3O.C2HF3O2/c1-20-31-28(23-7-11-25(29)12-8-23,24-9-13-26(30)14-10-24)27(34)33(20)19-22-17-32(18-22)16-15-21-5-3-2-4-6-21;3-2(4,5)1(6)7/h2-14,22H,15-19H2,1H3;(H,6,7). The van der Waals surface area contributed by atoms with Crippen molar-refractivity contribution in [2.45, 2.75) is 25.1 Å². The van der Waals surface area contributed by atoms with Gasteiger partial charge in [-0.25, -0.2) is 18.6 Å². The van der Waals surface area contributed by atoms with Crippen LogP contribution in [-0.2, 0) is 21.5 Å². The number of carbonyl (C=O) groups excluding carboxylic acids is 1. The van der Waals surface area contributed by atoms with Crippen LogP contribution in [0, 0.1) is 17.6 Å². The van der Waals surface area contributed by atoms with E-state index in [4.69, 9.17) is 14.9 Å². The van der Waals surface area contributed by atoms with E-state index in [1.165, 1.54) is 29.8 Å². The Morgan fingerprint density at radius 1 is 0.927 bits per heavy atom. The van der Waals surface area contributed by atoms with Crippen LogP contribution in [0.4, 0.5) is 22.0 Å². The van der Waals surface area contributed by atoms with Crippen LogP contribution in [0.3, 0.4) is 0 Å². The number of hydrogen-bond donors (Lipinski definition) is 1. The van der Waals surface area contributed by atoms with Gasteiger partial charge in [-0.1, -0.05) is 54.6 Å². The molecule has 0 saturated carbocycles. The Labute approximate surface area is 233 Å². The smallest absolute Gasteiger partial charge is 0.475 e. The molecule has 41 heavy (non-hydrogen) atoms. The number of carboxylic acids is 1. The zero-order valence-electron chi connectivity index (χ0n) is 22.1. The van der Waals surface area contributed by atoms with Gasteiger partial charge in [0.15, 0.2) is 5.54 Å². The van der Waals surface area contributed by atoms with Crippen molar-refractivity contribution < 1.29 is 36.6 Å². The zero-order chi connectivity index (χ0) is 29.8. The third-order valence-corrected chi connectivity index (χ3v) is 7.07. The molecule has 2 heterocycles. The van der Waals surface area contributed by atoms with Crippen LogP contribution in [0.1, 0.15) is 23.6 Å². The maximum absolute atomic E-state index is 13.9. The van der Waals surface area contributed by atoms with Gasteiger partial charge in [0.2, 0.25) is 0 Å². The van der Waals surface area contributed by atoms with Crippen molar-refractivity contribution in [3.8, 4) is 0 Å². The molecule has 0 radical (unpaired) electrons. The van der Waals surface area contributed by atoms with Crippen molar-refractivity contribution in [3.63, 3.8) is 0 Å². The first-order valence-electron chi connectivity index (χ1n) is 12.9. The fourth-order valence-electron chi connectivity index (χ4n) is 5.00. The lowest BCUT2D eigenvalue weighted by Gasteiger charge is -2.41. The summed E-state index contributed by atoms with van der Waals surface area (Å²) < 4.78 is 59.0. The number of nitrogens with zero attached hydrogens (tertiary/aromatic N) is 3. The molecule has 0 unspecified atom stereocenters. The SMILES string of the molecule is CC1=NC(c2ccc(F)cc2)(c2ccc(F)cc2)C(=O)N1CC1CN(CCc2ccccc2)C1.O=C(O)C(F)(F)F. The molecule has 3 aromatic carbocycles. The zero-order valence-corrected chi connectivity index (χ0v) is 22.1. The summed E-state index contributed by atoms with van der Waals surface area (Å²) in [7, 11) is 0. The van der Waals surface area contributed by atoms with Crippen LogP contribution in [0.2, 0.25) is 0 Å². The number of carboxylic acid groups (broad SMARTS) is 1. The lowest BCUT2D eigenvalue weighted by Crippen LogP contribution is -2.54. The number of likely N-dealkylation sites (tertiary alicyclic amines) is 1. The van der Waals surface area contributed by atoms with Gasteiger partial charge in [0.05, 0.1) is 0 Å². The molecule has 0 bridgehead atoms. The Morgan fingerprint density at radius 2 is 1.41 bits per heavy atom. The molecule has 1 N–H and O–H groups in total. The fourth-order valence-corrected chi connectivity index (χ4v) is 5.00. The third-order valence-electron chi connectivity index (χ3n) is 7.07. The Kier molecular flexibility index (Phi) is 8.86. The number of aliphatic imine (C=N–C) groups is 1. The number of hydrogen-bond acceptors (Lipinski definition) is 4. The maximum Gasteiger partial charge on any atom is 0.490 e. The Balaban J connectivity index is 0.000000493. The van der Waals surface area contributed by atoms with Gasteiger partial charge >= 0.3 is 12.1 Å². The fraction of sp³-hybridized carbons (Fsp3) is 0.300. The molecule has 0 spiro atoms. The quantitative estimate of drug-likeness (QED) is 0.391. The van der Waals surface area contributed by atoms with E-state index in [-0.39, 0.29) is 17.5 Å². The van der Waals surface area contributed by atoms with Gasteiger partial charge < -0.3 is 10.0 Å². The van der Waals surface area contributed by atoms with E-state index in [1.807, 2.05) is 13.0 Å². The van der Waals surface area contributed by atoms with Gasteiger partial charge in [-0.15, -0.1) is 0 Å². The van der Waals surface area contributed by atoms with Crippen molar-refractivity contribution in [1.82, 2.24) is 9.80 Å². The molecule has 5 rings (SSSR count). The first kappa shape index (κ1) is 29.9. The number of rotatable bonds is 7. The van der Waals surface area contributed by atoms with Gasteiger partial charge in [-0.2, -0.15) is 13.2 Å². The van der Waals surface area contributed by atoms with E-state index in [1.54, 1.807) is 29.2 Å². The average molecular weight is 574 g/mol. The molecule has 3 aromatic rings. The minimum Gasteiger partial charge on any atom is -0.475 e. The molecule has 0 atom stereocenters. The van der Waals surface area contributed by atoms with Gasteiger partial charge in [-0.05, 0) is 54.3 Å². The number of benzene rings is 3. The number of alkyl halides is 3. The summed E-state index contributed by atoms with van der Waals surface area (Å²) in [6, 6.07) is 22.1. The van der Waals surface area contributed by atoms with Crippen LogP contribution in [0.15, 0.2) is 83.9 Å². The highest BCUT2D eigenvalue weighted by Crippen LogP contribution is 2.41. The lowest BCUT2D eigenvalue weighted by molar-refractivity contribution is -0.192. The summed E-state index contributed by atoms with van der Waals surface area (Å²) in [4.78, 5) is 31.7. The molecule has 1 fully saturated rings. The molecule has 1 saturated heterocycles. The normalized spacial score (nSPS) is 17.0. The molecule has 6 nitrogen and oxygen atoms in total. The Bertz CT molecular complexity index is 1340. The summed E-state index contributed by atoms with van der Waals surface area (Å²) in [5.41, 5.74) is 1.14. The minimum atomic E-state index is -5.08. The number of aliphatic carboxylic acids is 1. The second-order valence-corrected chi connectivity index (χ2v) is 9.96. The summed E-state index contributed by atoms with van der Waals surface area (Å²) >= 11 is 0. The van der Waals surface area contributed by atoms with Crippen molar-refractivity contribution in [2.24, 2.45) is 10.9 Å². The second-order valence-electron chi connectivity index (χ2n) is 9.96. The van der Waals surface area contributed by atoms with Crippen molar-refractivity contribution in [1.29, 1.82) is 0 Å². The molecule has 216 valence electrons. The van der Waals surface area contributed by atoms with Gasteiger partial charge in [0.25, 0.3) is 5.91 Å². The lowest BCUT2D eigenvalue weighted by atomic mass is 9.82. The first-order chi connectivity index (χ1) is 19.4. The predicted octanol–water partition coefficient (Wildman–Crippen LogP) is 5.28. The second kappa shape index (κ2) is 12.2. The van der Waals surface area contributed by atoms with E-state index in [2.05, 4.69) is 29.2 Å². The number of amides is 1. The molecule has 11 heteroatoms. The number of amidine groups is 1. The molecule has 0 aromatic heterocycles. The van der Waals surface area contributed by atoms with Crippen LogP contribution in [-0.4, -0.2) is 65.0 Å². The summed E-state index contributed by atoms with van der Waals surface area (Å²) in [6.07, 6.45) is -4.07. The van der Waals surface area contributed by atoms with Gasteiger partial charge in [0.1, 0.15) is 17.5 Å². The highest BCUT2D eigenvalue weighted by molar-refractivity contribution is 6.09. The largest absolute Gasteiger partial charge is 0.490 e. The molecule has 0 aliphatic carbocycles. The van der Waals surface area contributed by atoms with Crippen molar-refractivity contribution in [2.75, 3.05) is 26.2 Å². The molecule has 2 aliphatic rings. The van der Waals surface area contributed by atoms with Crippen LogP contribution in [0.5, 0.6) is 0 Å². The molecular formula is C30H28F5N3O3.